The molecule has 0 radical (unpaired) electrons. The molecule has 0 N–H and O–H groups in total. The van der Waals surface area contributed by atoms with E-state index in [0.717, 1.165) is 22.5 Å². The van der Waals surface area contributed by atoms with E-state index in [9.17, 15) is 9.59 Å². The summed E-state index contributed by atoms with van der Waals surface area (Å²) in [5, 5.41) is 8.52. The van der Waals surface area contributed by atoms with Crippen molar-refractivity contribution in [3.63, 3.8) is 0 Å². The zero-order valence-electron chi connectivity index (χ0n) is 19.2. The molecule has 0 spiro atoms. The molecule has 35 heavy (non-hydrogen) atoms. The Kier molecular flexibility index (Phi) is 6.21. The van der Waals surface area contributed by atoms with E-state index < -0.39 is 0 Å². The first-order valence-corrected chi connectivity index (χ1v) is 11.3. The summed E-state index contributed by atoms with van der Waals surface area (Å²) in [5.74, 6) is -0.0968. The van der Waals surface area contributed by atoms with Crippen LogP contribution in [-0.2, 0) is 4.79 Å². The maximum Gasteiger partial charge on any atom is 0.292 e. The van der Waals surface area contributed by atoms with Crippen LogP contribution in [0.1, 0.15) is 21.8 Å². The monoisotopic (exact) mass is 468 g/mol. The molecule has 0 aliphatic carbocycles. The van der Waals surface area contributed by atoms with Gasteiger partial charge in [-0.3, -0.25) is 14.6 Å². The highest BCUT2D eigenvalue weighted by Gasteiger charge is 2.26. The molecule has 0 bridgehead atoms. The van der Waals surface area contributed by atoms with Crippen molar-refractivity contribution in [3.8, 4) is 16.9 Å². The van der Waals surface area contributed by atoms with E-state index in [1.54, 1.807) is 52.0 Å². The van der Waals surface area contributed by atoms with Crippen LogP contribution in [0.25, 0.3) is 23.0 Å². The van der Waals surface area contributed by atoms with Crippen LogP contribution in [0.4, 0.5) is 0 Å². The standard InChI is InChI=1S/C26H24N6O3/c1-19-16-23(35-29-19)26(34)31-14-12-30(13-15-31)24(33)10-9-21-18-32(22-7-3-2-4-8-22)28-25(21)20-6-5-11-27-17-20/h2-11,16-18H,12-15H2,1H3/b10-9+. The smallest absolute Gasteiger partial charge is 0.292 e. The van der Waals surface area contributed by atoms with Gasteiger partial charge in [-0.1, -0.05) is 23.4 Å². The molecule has 0 atom stereocenters. The number of benzene rings is 1. The van der Waals surface area contributed by atoms with Crippen molar-refractivity contribution >= 4 is 17.9 Å². The van der Waals surface area contributed by atoms with Gasteiger partial charge >= 0.3 is 0 Å². The number of nitrogens with zero attached hydrogens (tertiary/aromatic N) is 6. The van der Waals surface area contributed by atoms with Gasteiger partial charge < -0.3 is 14.3 Å². The third-order valence-corrected chi connectivity index (χ3v) is 5.82. The largest absolute Gasteiger partial charge is 0.351 e. The van der Waals surface area contributed by atoms with Gasteiger partial charge in [0.25, 0.3) is 5.91 Å². The fourth-order valence-corrected chi connectivity index (χ4v) is 3.97. The summed E-state index contributed by atoms with van der Waals surface area (Å²) in [5.41, 5.74) is 4.00. The highest BCUT2D eigenvalue weighted by atomic mass is 16.5. The minimum Gasteiger partial charge on any atom is -0.351 e. The molecule has 1 saturated heterocycles. The van der Waals surface area contributed by atoms with E-state index in [4.69, 9.17) is 9.62 Å². The second-order valence-electron chi connectivity index (χ2n) is 8.24. The molecule has 1 aromatic carbocycles. The molecule has 2 amide bonds. The topological polar surface area (TPSA) is 97.4 Å². The highest BCUT2D eigenvalue weighted by Crippen LogP contribution is 2.24. The Labute approximate surface area is 202 Å². The molecule has 5 rings (SSSR count). The lowest BCUT2D eigenvalue weighted by Gasteiger charge is -2.33. The van der Waals surface area contributed by atoms with Gasteiger partial charge in [0, 0.05) is 68.0 Å². The molecular weight excluding hydrogens is 444 g/mol. The molecule has 9 heteroatoms. The third kappa shape index (κ3) is 4.89. The molecule has 1 aliphatic rings. The molecule has 1 fully saturated rings. The zero-order chi connectivity index (χ0) is 24.2. The Morgan fingerprint density at radius 3 is 2.46 bits per heavy atom. The van der Waals surface area contributed by atoms with Crippen molar-refractivity contribution in [2.45, 2.75) is 6.92 Å². The zero-order valence-corrected chi connectivity index (χ0v) is 19.2. The number of hydrogen-bond acceptors (Lipinski definition) is 6. The number of rotatable bonds is 5. The van der Waals surface area contributed by atoms with Gasteiger partial charge in [-0.2, -0.15) is 5.10 Å². The number of aromatic nitrogens is 4. The fraction of sp³-hybridized carbons (Fsp3) is 0.192. The lowest BCUT2D eigenvalue weighted by atomic mass is 10.1. The lowest BCUT2D eigenvalue weighted by molar-refractivity contribution is -0.127. The summed E-state index contributed by atoms with van der Waals surface area (Å²) in [6.45, 7) is 3.53. The van der Waals surface area contributed by atoms with Crippen molar-refractivity contribution in [2.75, 3.05) is 26.2 Å². The van der Waals surface area contributed by atoms with E-state index in [1.165, 1.54) is 0 Å². The van der Waals surface area contributed by atoms with E-state index in [2.05, 4.69) is 10.1 Å². The molecule has 0 unspecified atom stereocenters. The minimum atomic E-state index is -0.206. The van der Waals surface area contributed by atoms with Crippen LogP contribution < -0.4 is 0 Å². The number of pyridine rings is 1. The van der Waals surface area contributed by atoms with Gasteiger partial charge in [0.2, 0.25) is 11.7 Å². The van der Waals surface area contributed by atoms with Gasteiger partial charge in [-0.15, -0.1) is 0 Å². The van der Waals surface area contributed by atoms with Gasteiger partial charge in [0.05, 0.1) is 11.4 Å². The van der Waals surface area contributed by atoms with E-state index in [-0.39, 0.29) is 17.6 Å². The van der Waals surface area contributed by atoms with Gasteiger partial charge in [-0.05, 0) is 37.3 Å². The van der Waals surface area contributed by atoms with Crippen molar-refractivity contribution in [1.29, 1.82) is 0 Å². The second kappa shape index (κ2) is 9.76. The molecule has 3 aromatic heterocycles. The predicted molar refractivity (Wildman–Crippen MR) is 130 cm³/mol. The molecule has 0 saturated carbocycles. The summed E-state index contributed by atoms with van der Waals surface area (Å²) >= 11 is 0. The maximum absolute atomic E-state index is 12.9. The fourth-order valence-electron chi connectivity index (χ4n) is 3.97. The highest BCUT2D eigenvalue weighted by molar-refractivity contribution is 5.94. The Morgan fingerprint density at radius 1 is 1.00 bits per heavy atom. The van der Waals surface area contributed by atoms with Gasteiger partial charge in [-0.25, -0.2) is 4.68 Å². The molecule has 4 aromatic rings. The number of piperazine rings is 1. The van der Waals surface area contributed by atoms with Crippen molar-refractivity contribution in [1.82, 2.24) is 29.7 Å². The van der Waals surface area contributed by atoms with Gasteiger partial charge in [0.1, 0.15) is 5.69 Å². The van der Waals surface area contributed by atoms with E-state index in [1.807, 2.05) is 48.7 Å². The maximum atomic E-state index is 12.9. The Bertz CT molecular complexity index is 1350. The number of hydrogen-bond donors (Lipinski definition) is 0. The number of carbonyl (C=O) groups is 2. The van der Waals surface area contributed by atoms with Crippen LogP contribution in [0.5, 0.6) is 0 Å². The first-order chi connectivity index (χ1) is 17.1. The molecule has 176 valence electrons. The summed E-state index contributed by atoms with van der Waals surface area (Å²) in [4.78, 5) is 33.1. The van der Waals surface area contributed by atoms with Crippen LogP contribution in [0.15, 0.2) is 77.7 Å². The average molecular weight is 469 g/mol. The number of aryl methyl sites for hydroxylation is 1. The normalized spacial score (nSPS) is 14.0. The quantitative estimate of drug-likeness (QED) is 0.417. The second-order valence-corrected chi connectivity index (χ2v) is 8.24. The summed E-state index contributed by atoms with van der Waals surface area (Å²) < 4.78 is 6.87. The van der Waals surface area contributed by atoms with Crippen LogP contribution in [-0.4, -0.2) is 67.7 Å². The van der Waals surface area contributed by atoms with Crippen LogP contribution in [0.3, 0.4) is 0 Å². The Morgan fingerprint density at radius 2 is 1.77 bits per heavy atom. The first kappa shape index (κ1) is 22.3. The van der Waals surface area contributed by atoms with Crippen molar-refractivity contribution in [3.05, 3.63) is 90.2 Å². The predicted octanol–water partition coefficient (Wildman–Crippen LogP) is 3.23. The minimum absolute atomic E-state index is 0.114. The van der Waals surface area contributed by atoms with Crippen LogP contribution >= 0.6 is 0 Å². The molecule has 4 heterocycles. The summed E-state index contributed by atoms with van der Waals surface area (Å²) in [6.07, 6.45) is 8.71. The van der Waals surface area contributed by atoms with Crippen LogP contribution in [0.2, 0.25) is 0 Å². The third-order valence-electron chi connectivity index (χ3n) is 5.82. The average Bonchev–Trinajstić information content (AvgIpc) is 3.54. The first-order valence-electron chi connectivity index (χ1n) is 11.3. The molecular formula is C26H24N6O3. The summed E-state index contributed by atoms with van der Waals surface area (Å²) in [7, 11) is 0. The SMILES string of the molecule is Cc1cc(C(=O)N2CCN(C(=O)/C=C/c3cn(-c4ccccc4)nc3-c3cccnc3)CC2)on1. The van der Waals surface area contributed by atoms with E-state index in [0.29, 0.717) is 31.9 Å². The van der Waals surface area contributed by atoms with Crippen LogP contribution in [0, 0.1) is 6.92 Å². The summed E-state index contributed by atoms with van der Waals surface area (Å²) in [6, 6.07) is 15.2. The van der Waals surface area contributed by atoms with Crippen molar-refractivity contribution < 1.29 is 14.1 Å². The van der Waals surface area contributed by atoms with Gasteiger partial charge in [0.15, 0.2) is 0 Å². The number of amides is 2. The Balaban J connectivity index is 1.30. The Hall–Kier alpha value is -4.53. The molecule has 9 nitrogen and oxygen atoms in total. The van der Waals surface area contributed by atoms with Crippen molar-refractivity contribution in [2.24, 2.45) is 0 Å². The lowest BCUT2D eigenvalue weighted by Crippen LogP contribution is -2.50. The number of para-hydroxylation sites is 1. The number of carbonyl (C=O) groups excluding carboxylic acids is 2. The van der Waals surface area contributed by atoms with E-state index >= 15 is 0 Å². The molecule has 1 aliphatic heterocycles.